The number of carbonyl (C=O) groups is 1. The van der Waals surface area contributed by atoms with E-state index in [1.54, 1.807) is 40.0 Å². The van der Waals surface area contributed by atoms with Crippen molar-refractivity contribution in [2.75, 3.05) is 19.3 Å². The Morgan fingerprint density at radius 3 is 2.43 bits per heavy atom. The lowest BCUT2D eigenvalue weighted by atomic mass is 10.1. The van der Waals surface area contributed by atoms with E-state index in [-0.39, 0.29) is 16.9 Å². The zero-order chi connectivity index (χ0) is 24.6. The Hall–Kier alpha value is -3.57. The van der Waals surface area contributed by atoms with E-state index in [1.807, 2.05) is 0 Å². The smallest absolute Gasteiger partial charge is 0.255 e. The molecule has 3 aromatic heterocycles. The summed E-state index contributed by atoms with van der Waals surface area (Å²) in [4.78, 5) is 27.3. The van der Waals surface area contributed by atoms with Crippen LogP contribution in [0.3, 0.4) is 0 Å². The molecule has 0 saturated carbocycles. The van der Waals surface area contributed by atoms with Gasteiger partial charge in [-0.05, 0) is 36.4 Å². The number of nitrogens with zero attached hydrogens (tertiary/aromatic N) is 6. The molecule has 0 bridgehead atoms. The van der Waals surface area contributed by atoms with Crippen LogP contribution in [-0.2, 0) is 9.84 Å². The number of carbonyl (C=O) groups excluding carboxylic acids is 1. The van der Waals surface area contributed by atoms with E-state index in [9.17, 15) is 13.2 Å². The van der Waals surface area contributed by atoms with Crippen LogP contribution in [0, 0.1) is 0 Å². The maximum Gasteiger partial charge on any atom is 0.255 e. The highest BCUT2D eigenvalue weighted by Crippen LogP contribution is 2.27. The molecule has 4 heterocycles. The van der Waals surface area contributed by atoms with Crippen molar-refractivity contribution in [1.82, 2.24) is 29.6 Å². The number of fused-ring (bicyclic) bond motifs is 1. The van der Waals surface area contributed by atoms with Crippen LogP contribution in [0.4, 0.5) is 0 Å². The first kappa shape index (κ1) is 23.2. The Morgan fingerprint density at radius 1 is 1.03 bits per heavy atom. The molecule has 1 aliphatic heterocycles. The summed E-state index contributed by atoms with van der Waals surface area (Å²) in [5.41, 5.74) is 1.72. The first-order valence-electron chi connectivity index (χ1n) is 10.9. The number of hydrogen-bond donors (Lipinski definition) is 0. The fourth-order valence-corrected chi connectivity index (χ4v) is 4.70. The van der Waals surface area contributed by atoms with Crippen molar-refractivity contribution in [3.63, 3.8) is 0 Å². The predicted octanol–water partition coefficient (Wildman–Crippen LogP) is 2.95. The molecule has 12 heteroatoms. The summed E-state index contributed by atoms with van der Waals surface area (Å²) in [6.45, 7) is 1.10. The second kappa shape index (κ2) is 9.23. The molecule has 0 spiro atoms. The number of hydrogen-bond acceptors (Lipinski definition) is 8. The van der Waals surface area contributed by atoms with Crippen molar-refractivity contribution in [1.29, 1.82) is 0 Å². The molecule has 0 aliphatic carbocycles. The molecule has 1 amide bonds. The number of benzene rings is 1. The predicted molar refractivity (Wildman–Crippen MR) is 129 cm³/mol. The van der Waals surface area contributed by atoms with E-state index in [4.69, 9.17) is 16.3 Å². The number of sulfone groups is 1. The fourth-order valence-electron chi connectivity index (χ4n) is 3.96. The Morgan fingerprint density at radius 2 is 1.77 bits per heavy atom. The average Bonchev–Trinajstić information content (AvgIpc) is 3.29. The highest BCUT2D eigenvalue weighted by molar-refractivity contribution is 7.90. The first-order valence-corrected chi connectivity index (χ1v) is 13.1. The summed E-state index contributed by atoms with van der Waals surface area (Å²) in [5.74, 6) is 0.334. The SMILES string of the molecule is CS(=O)(=O)c1ccc(-n2ncc3c(OC4CCN(C(=O)c5ccc(Cl)nc5)CC4)ncnc32)cc1. The zero-order valence-electron chi connectivity index (χ0n) is 18.7. The van der Waals surface area contributed by atoms with Crippen molar-refractivity contribution < 1.29 is 17.9 Å². The number of likely N-dealkylation sites (tertiary alicyclic amines) is 1. The number of pyridine rings is 1. The van der Waals surface area contributed by atoms with Gasteiger partial charge in [0.25, 0.3) is 5.91 Å². The normalized spacial score (nSPS) is 14.9. The molecule has 4 aromatic rings. The summed E-state index contributed by atoms with van der Waals surface area (Å²) in [5, 5.41) is 5.39. The molecule has 0 N–H and O–H groups in total. The van der Waals surface area contributed by atoms with E-state index < -0.39 is 9.84 Å². The molecular formula is C23H21ClN6O4S. The molecule has 1 aliphatic rings. The topological polar surface area (TPSA) is 120 Å². The highest BCUT2D eigenvalue weighted by Gasteiger charge is 2.26. The molecule has 10 nitrogen and oxygen atoms in total. The number of piperidine rings is 1. The number of ether oxygens (including phenoxy) is 1. The molecule has 1 fully saturated rings. The quantitative estimate of drug-likeness (QED) is 0.374. The second-order valence-electron chi connectivity index (χ2n) is 8.22. The molecule has 1 aromatic carbocycles. The minimum absolute atomic E-state index is 0.0831. The second-order valence-corrected chi connectivity index (χ2v) is 10.6. The number of aromatic nitrogens is 5. The summed E-state index contributed by atoms with van der Waals surface area (Å²) in [6, 6.07) is 9.69. The lowest BCUT2D eigenvalue weighted by molar-refractivity contribution is 0.0590. The van der Waals surface area contributed by atoms with E-state index in [2.05, 4.69) is 20.1 Å². The maximum atomic E-state index is 12.7. The van der Waals surface area contributed by atoms with Gasteiger partial charge in [0.2, 0.25) is 5.88 Å². The third kappa shape index (κ3) is 4.82. The molecule has 0 radical (unpaired) electrons. The van der Waals surface area contributed by atoms with Crippen molar-refractivity contribution in [2.45, 2.75) is 23.8 Å². The van der Waals surface area contributed by atoms with Crippen LogP contribution in [0.5, 0.6) is 5.88 Å². The van der Waals surface area contributed by atoms with Gasteiger partial charge in [-0.3, -0.25) is 4.79 Å². The van der Waals surface area contributed by atoms with Gasteiger partial charge in [0.1, 0.15) is 23.0 Å². The monoisotopic (exact) mass is 512 g/mol. The molecule has 35 heavy (non-hydrogen) atoms. The lowest BCUT2D eigenvalue weighted by Gasteiger charge is -2.32. The van der Waals surface area contributed by atoms with Crippen LogP contribution >= 0.6 is 11.6 Å². The number of halogens is 1. The Kier molecular flexibility index (Phi) is 6.12. The fraction of sp³-hybridized carbons (Fsp3) is 0.261. The molecule has 5 rings (SSSR count). The van der Waals surface area contributed by atoms with E-state index in [0.717, 1.165) is 6.26 Å². The maximum absolute atomic E-state index is 12.7. The van der Waals surface area contributed by atoms with E-state index in [0.29, 0.717) is 59.2 Å². The van der Waals surface area contributed by atoms with Gasteiger partial charge in [-0.25, -0.2) is 28.1 Å². The largest absolute Gasteiger partial charge is 0.474 e. The molecular weight excluding hydrogens is 492 g/mol. The van der Waals surface area contributed by atoms with Crippen LogP contribution < -0.4 is 4.74 Å². The van der Waals surface area contributed by atoms with E-state index in [1.165, 1.54) is 24.7 Å². The van der Waals surface area contributed by atoms with Gasteiger partial charge in [0.05, 0.1) is 22.3 Å². The van der Waals surface area contributed by atoms with E-state index >= 15 is 0 Å². The van der Waals surface area contributed by atoms with Gasteiger partial charge >= 0.3 is 0 Å². The summed E-state index contributed by atoms with van der Waals surface area (Å²) in [7, 11) is -3.29. The van der Waals surface area contributed by atoms with Crippen LogP contribution in [0.2, 0.25) is 5.15 Å². The molecule has 1 saturated heterocycles. The van der Waals surface area contributed by atoms with Gasteiger partial charge < -0.3 is 9.64 Å². The van der Waals surface area contributed by atoms with Crippen molar-refractivity contribution >= 4 is 38.4 Å². The molecule has 180 valence electrons. The van der Waals surface area contributed by atoms with Gasteiger partial charge in [-0.15, -0.1) is 0 Å². The number of rotatable bonds is 5. The standard InChI is InChI=1S/C23H21ClN6O4S/c1-35(32,33)18-5-3-16(4-6-18)30-21-19(13-28-30)22(27-14-26-21)34-17-8-10-29(11-9-17)23(31)15-2-7-20(24)25-12-15/h2-7,12-14,17H,8-11H2,1H3. The van der Waals surface area contributed by atoms with Crippen molar-refractivity contribution in [3.8, 4) is 11.6 Å². The average molecular weight is 513 g/mol. The minimum atomic E-state index is -3.29. The van der Waals surface area contributed by atoms with Gasteiger partial charge in [0.15, 0.2) is 15.5 Å². The first-order chi connectivity index (χ1) is 16.8. The number of amides is 1. The third-order valence-electron chi connectivity index (χ3n) is 5.82. The van der Waals surface area contributed by atoms with Crippen molar-refractivity contribution in [3.05, 3.63) is 65.8 Å². The summed E-state index contributed by atoms with van der Waals surface area (Å²) >= 11 is 5.81. The Labute approximate surface area is 206 Å². The Bertz CT molecular complexity index is 1480. The zero-order valence-corrected chi connectivity index (χ0v) is 20.3. The van der Waals surface area contributed by atoms with Crippen LogP contribution in [0.25, 0.3) is 16.7 Å². The van der Waals surface area contributed by atoms with Crippen LogP contribution in [0.15, 0.2) is 60.0 Å². The molecule has 0 atom stereocenters. The van der Waals surface area contributed by atoms with Crippen LogP contribution in [0.1, 0.15) is 23.2 Å². The van der Waals surface area contributed by atoms with Gasteiger partial charge in [-0.2, -0.15) is 5.10 Å². The lowest BCUT2D eigenvalue weighted by Crippen LogP contribution is -2.41. The third-order valence-corrected chi connectivity index (χ3v) is 7.17. The summed E-state index contributed by atoms with van der Waals surface area (Å²) < 4.78 is 31.2. The summed E-state index contributed by atoms with van der Waals surface area (Å²) in [6.07, 6.45) is 6.87. The molecule has 0 unspecified atom stereocenters. The van der Waals surface area contributed by atoms with Gasteiger partial charge in [0, 0.05) is 38.4 Å². The highest BCUT2D eigenvalue weighted by atomic mass is 35.5. The minimum Gasteiger partial charge on any atom is -0.474 e. The Balaban J connectivity index is 1.29. The van der Waals surface area contributed by atoms with Gasteiger partial charge in [-0.1, -0.05) is 11.6 Å². The van der Waals surface area contributed by atoms with Crippen molar-refractivity contribution in [2.24, 2.45) is 0 Å². The van der Waals surface area contributed by atoms with Crippen LogP contribution in [-0.4, -0.2) is 69.4 Å².